The molecule has 0 aliphatic carbocycles. The number of benzene rings is 2. The first-order valence-electron chi connectivity index (χ1n) is 8.66. The molecule has 0 saturated heterocycles. The lowest BCUT2D eigenvalue weighted by Crippen LogP contribution is -2.27. The molecule has 0 spiro atoms. The van der Waals surface area contributed by atoms with E-state index in [0.717, 1.165) is 5.56 Å². The number of aromatic carboxylic acids is 1. The summed E-state index contributed by atoms with van der Waals surface area (Å²) in [6.07, 6.45) is 1.36. The van der Waals surface area contributed by atoms with Crippen LogP contribution >= 0.6 is 34.8 Å². The summed E-state index contributed by atoms with van der Waals surface area (Å²) in [5, 5.41) is 12.8. The van der Waals surface area contributed by atoms with Crippen molar-refractivity contribution in [3.63, 3.8) is 0 Å². The third-order valence-corrected chi connectivity index (χ3v) is 4.76. The van der Waals surface area contributed by atoms with E-state index >= 15 is 0 Å². The van der Waals surface area contributed by atoms with Gasteiger partial charge in [0.2, 0.25) is 5.88 Å². The highest BCUT2D eigenvalue weighted by atomic mass is 35.5. The Bertz CT molecular complexity index is 1080. The van der Waals surface area contributed by atoms with Crippen molar-refractivity contribution >= 4 is 46.7 Å². The van der Waals surface area contributed by atoms with Crippen molar-refractivity contribution in [2.75, 3.05) is 0 Å². The fourth-order valence-electron chi connectivity index (χ4n) is 2.64. The normalized spacial score (nSPS) is 11.6. The summed E-state index contributed by atoms with van der Waals surface area (Å²) in [6, 6.07) is 11.9. The fraction of sp³-hybridized carbons (Fsp3) is 0.0952. The Kier molecular flexibility index (Phi) is 6.82. The Hall–Kier alpha value is -2.80. The van der Waals surface area contributed by atoms with Crippen LogP contribution in [0.4, 0.5) is 0 Å². The van der Waals surface area contributed by atoms with Crippen molar-refractivity contribution in [1.29, 1.82) is 0 Å². The van der Waals surface area contributed by atoms with E-state index < -0.39 is 17.9 Å². The molecule has 6 nitrogen and oxygen atoms in total. The predicted octanol–water partition coefficient (Wildman–Crippen LogP) is 6.02. The van der Waals surface area contributed by atoms with E-state index in [9.17, 15) is 9.59 Å². The van der Waals surface area contributed by atoms with Crippen molar-refractivity contribution in [2.45, 2.75) is 13.0 Å². The van der Waals surface area contributed by atoms with Crippen molar-refractivity contribution in [3.8, 4) is 11.6 Å². The Morgan fingerprint density at radius 1 is 1.00 bits per heavy atom. The molecule has 2 aromatic carbocycles. The van der Waals surface area contributed by atoms with E-state index in [2.05, 4.69) is 10.3 Å². The van der Waals surface area contributed by atoms with Gasteiger partial charge in [-0.3, -0.25) is 4.79 Å². The third kappa shape index (κ3) is 5.42. The van der Waals surface area contributed by atoms with E-state index in [1.165, 1.54) is 36.5 Å². The maximum absolute atomic E-state index is 12.9. The minimum atomic E-state index is -1.02. The van der Waals surface area contributed by atoms with Gasteiger partial charge in [-0.1, -0.05) is 46.9 Å². The van der Waals surface area contributed by atoms with Crippen molar-refractivity contribution < 1.29 is 19.4 Å². The van der Waals surface area contributed by atoms with Crippen molar-refractivity contribution in [1.82, 2.24) is 10.3 Å². The summed E-state index contributed by atoms with van der Waals surface area (Å²) < 4.78 is 5.71. The molecule has 0 saturated carbocycles. The van der Waals surface area contributed by atoms with E-state index in [4.69, 9.17) is 44.6 Å². The lowest BCUT2D eigenvalue weighted by molar-refractivity contribution is 0.0696. The van der Waals surface area contributed by atoms with Crippen LogP contribution in [0.2, 0.25) is 15.1 Å². The molecule has 30 heavy (non-hydrogen) atoms. The summed E-state index contributed by atoms with van der Waals surface area (Å²) in [4.78, 5) is 27.9. The second kappa shape index (κ2) is 9.34. The molecular weight excluding hydrogens is 451 g/mol. The summed E-state index contributed by atoms with van der Waals surface area (Å²) in [6.45, 7) is 1.77. The van der Waals surface area contributed by atoms with Gasteiger partial charge >= 0.3 is 5.97 Å². The first-order chi connectivity index (χ1) is 14.2. The lowest BCUT2D eigenvalue weighted by Gasteiger charge is -2.16. The Balaban J connectivity index is 1.82. The number of carboxylic acid groups (broad SMARTS) is 1. The van der Waals surface area contributed by atoms with Gasteiger partial charge in [0.15, 0.2) is 0 Å². The topological polar surface area (TPSA) is 88.5 Å². The zero-order valence-corrected chi connectivity index (χ0v) is 17.8. The molecule has 1 aromatic heterocycles. The zero-order chi connectivity index (χ0) is 21.8. The van der Waals surface area contributed by atoms with Gasteiger partial charge in [0.1, 0.15) is 11.3 Å². The van der Waals surface area contributed by atoms with Crippen LogP contribution in [0.5, 0.6) is 11.6 Å². The average molecular weight is 466 g/mol. The predicted molar refractivity (Wildman–Crippen MR) is 115 cm³/mol. The molecule has 1 amide bonds. The molecule has 0 aliphatic rings. The number of carboxylic acids is 1. The van der Waals surface area contributed by atoms with Crippen molar-refractivity contribution in [2.24, 2.45) is 0 Å². The number of halogens is 3. The number of nitrogens with zero attached hydrogens (tertiary/aromatic N) is 1. The molecule has 3 rings (SSSR count). The van der Waals surface area contributed by atoms with E-state index in [1.54, 1.807) is 25.1 Å². The number of amides is 1. The number of pyridine rings is 1. The first kappa shape index (κ1) is 21.9. The van der Waals surface area contributed by atoms with Crippen LogP contribution in [0.1, 0.15) is 39.2 Å². The van der Waals surface area contributed by atoms with Gasteiger partial charge < -0.3 is 15.2 Å². The molecule has 0 unspecified atom stereocenters. The molecular formula is C21H15Cl3N2O4. The van der Waals surface area contributed by atoms with Gasteiger partial charge in [-0.25, -0.2) is 9.78 Å². The summed E-state index contributed by atoms with van der Waals surface area (Å²) in [5.41, 5.74) is 1.01. The number of carbonyl (C=O) groups excluding carboxylic acids is 1. The smallest absolute Gasteiger partial charge is 0.335 e. The number of rotatable bonds is 6. The van der Waals surface area contributed by atoms with Crippen LogP contribution < -0.4 is 10.1 Å². The fourth-order valence-corrected chi connectivity index (χ4v) is 3.31. The van der Waals surface area contributed by atoms with Gasteiger partial charge in [-0.15, -0.1) is 0 Å². The van der Waals surface area contributed by atoms with Crippen LogP contribution in [0.25, 0.3) is 0 Å². The molecule has 1 atom stereocenters. The van der Waals surface area contributed by atoms with E-state index in [0.29, 0.717) is 15.8 Å². The molecule has 3 aromatic rings. The van der Waals surface area contributed by atoms with Crippen LogP contribution in [0.3, 0.4) is 0 Å². The maximum Gasteiger partial charge on any atom is 0.335 e. The van der Waals surface area contributed by atoms with Gasteiger partial charge in [0, 0.05) is 16.2 Å². The Labute approximate surface area is 187 Å². The summed E-state index contributed by atoms with van der Waals surface area (Å²) in [7, 11) is 0. The molecule has 1 heterocycles. The average Bonchev–Trinajstić information content (AvgIpc) is 2.68. The maximum atomic E-state index is 12.9. The Morgan fingerprint density at radius 3 is 2.23 bits per heavy atom. The Morgan fingerprint density at radius 2 is 1.63 bits per heavy atom. The second-order valence-electron chi connectivity index (χ2n) is 6.34. The molecule has 0 radical (unpaired) electrons. The van der Waals surface area contributed by atoms with Gasteiger partial charge in [-0.05, 0) is 48.9 Å². The number of hydrogen-bond acceptors (Lipinski definition) is 4. The standard InChI is InChI=1S/C21H15Cl3N2O4/c1-11(12-2-4-13(5-3-12)21(28)29)26-19(27)18-9-16(24)10-25-20(18)30-17-7-14(22)6-15(23)8-17/h2-11H,1H3,(H,26,27)(H,28,29)/t11-/m0/s1. The monoisotopic (exact) mass is 464 g/mol. The minimum Gasteiger partial charge on any atom is -0.478 e. The first-order valence-corrected chi connectivity index (χ1v) is 9.80. The van der Waals surface area contributed by atoms with E-state index in [1.807, 2.05) is 0 Å². The zero-order valence-electron chi connectivity index (χ0n) is 15.5. The largest absolute Gasteiger partial charge is 0.478 e. The number of carbonyl (C=O) groups is 2. The highest BCUT2D eigenvalue weighted by Gasteiger charge is 2.19. The van der Waals surface area contributed by atoms with E-state index in [-0.39, 0.29) is 22.0 Å². The van der Waals surface area contributed by atoms with Crippen LogP contribution in [-0.4, -0.2) is 22.0 Å². The SMILES string of the molecule is C[C@H](NC(=O)c1cc(Cl)cnc1Oc1cc(Cl)cc(Cl)c1)c1ccc(C(=O)O)cc1. The molecule has 0 aliphatic heterocycles. The van der Waals surface area contributed by atoms with Gasteiger partial charge in [0.25, 0.3) is 5.91 Å². The molecule has 0 fully saturated rings. The molecule has 2 N–H and O–H groups in total. The quantitative estimate of drug-likeness (QED) is 0.464. The minimum absolute atomic E-state index is 0.0312. The number of nitrogens with one attached hydrogen (secondary N) is 1. The van der Waals surface area contributed by atoms with Crippen LogP contribution in [-0.2, 0) is 0 Å². The van der Waals surface area contributed by atoms with Crippen molar-refractivity contribution in [3.05, 3.63) is 86.5 Å². The summed E-state index contributed by atoms with van der Waals surface area (Å²) >= 11 is 18.0. The van der Waals surface area contributed by atoms with Crippen LogP contribution in [0, 0.1) is 0 Å². The number of aromatic nitrogens is 1. The third-order valence-electron chi connectivity index (χ3n) is 4.12. The van der Waals surface area contributed by atoms with Gasteiger partial charge in [0.05, 0.1) is 16.6 Å². The number of ether oxygens (including phenoxy) is 1. The lowest BCUT2D eigenvalue weighted by atomic mass is 10.1. The highest BCUT2D eigenvalue weighted by Crippen LogP contribution is 2.30. The highest BCUT2D eigenvalue weighted by molar-refractivity contribution is 6.34. The molecule has 154 valence electrons. The van der Waals surface area contributed by atoms with Gasteiger partial charge in [-0.2, -0.15) is 0 Å². The second-order valence-corrected chi connectivity index (χ2v) is 7.65. The summed E-state index contributed by atoms with van der Waals surface area (Å²) in [5.74, 6) is -1.15. The number of hydrogen-bond donors (Lipinski definition) is 2. The molecule has 0 bridgehead atoms. The van der Waals surface area contributed by atoms with Crippen LogP contribution in [0.15, 0.2) is 54.7 Å². The molecule has 9 heteroatoms.